The Kier molecular flexibility index (Phi) is 4.96. The van der Waals surface area contributed by atoms with E-state index in [0.29, 0.717) is 37.4 Å². The maximum atomic E-state index is 13.6. The van der Waals surface area contributed by atoms with Crippen LogP contribution in [-0.2, 0) is 4.79 Å². The third kappa shape index (κ3) is 3.44. The Labute approximate surface area is 167 Å². The molecule has 1 aliphatic heterocycles. The first-order valence-electron chi connectivity index (χ1n) is 9.49. The molecular formula is C22H22FN3O3. The fraction of sp³-hybridized carbons (Fsp3) is 0.273. The van der Waals surface area contributed by atoms with E-state index < -0.39 is 17.5 Å². The lowest BCUT2D eigenvalue weighted by Crippen LogP contribution is -2.50. The quantitative estimate of drug-likeness (QED) is 0.544. The zero-order valence-electron chi connectivity index (χ0n) is 16.4. The van der Waals surface area contributed by atoms with Gasteiger partial charge in [0.2, 0.25) is 0 Å². The first-order chi connectivity index (χ1) is 14.0. The van der Waals surface area contributed by atoms with Gasteiger partial charge >= 0.3 is 0 Å². The molecule has 29 heavy (non-hydrogen) atoms. The molecule has 0 saturated carbocycles. The van der Waals surface area contributed by atoms with Crippen molar-refractivity contribution in [1.29, 1.82) is 0 Å². The number of nitrogens with one attached hydrogen (secondary N) is 1. The van der Waals surface area contributed by atoms with E-state index in [1.54, 1.807) is 24.0 Å². The number of piperazine rings is 1. The van der Waals surface area contributed by atoms with Crippen molar-refractivity contribution >= 4 is 28.3 Å². The fourth-order valence-corrected chi connectivity index (χ4v) is 3.83. The van der Waals surface area contributed by atoms with Crippen LogP contribution in [0.4, 0.5) is 10.1 Å². The molecule has 0 unspecified atom stereocenters. The third-order valence-corrected chi connectivity index (χ3v) is 5.38. The first-order valence-corrected chi connectivity index (χ1v) is 9.49. The number of hydrogen-bond donors (Lipinski definition) is 1. The van der Waals surface area contributed by atoms with Crippen LogP contribution < -0.4 is 9.64 Å². The smallest absolute Gasteiger partial charge is 0.295 e. The highest BCUT2D eigenvalue weighted by Crippen LogP contribution is 2.26. The highest BCUT2D eigenvalue weighted by molar-refractivity contribution is 6.45. The summed E-state index contributed by atoms with van der Waals surface area (Å²) in [6.45, 7) is 3.76. The third-order valence-electron chi connectivity index (χ3n) is 5.38. The van der Waals surface area contributed by atoms with Gasteiger partial charge in [-0.25, -0.2) is 4.39 Å². The zero-order chi connectivity index (χ0) is 20.5. The van der Waals surface area contributed by atoms with Crippen LogP contribution in [0.25, 0.3) is 10.9 Å². The number of carbonyl (C=O) groups is 2. The number of ketones is 1. The summed E-state index contributed by atoms with van der Waals surface area (Å²) in [6.07, 6.45) is 0. The van der Waals surface area contributed by atoms with Crippen molar-refractivity contribution in [3.8, 4) is 5.75 Å². The van der Waals surface area contributed by atoms with Crippen LogP contribution in [0.15, 0.2) is 42.5 Å². The van der Waals surface area contributed by atoms with Crippen LogP contribution in [0.5, 0.6) is 5.75 Å². The fourth-order valence-electron chi connectivity index (χ4n) is 3.83. The summed E-state index contributed by atoms with van der Waals surface area (Å²) in [5, 5.41) is 0.764. The Morgan fingerprint density at radius 1 is 1.07 bits per heavy atom. The SMILES string of the molecule is COc1cc(N2CCN(C(=O)C(=O)c3c(C)[nH]c4ccccc34)CC2)ccc1F. The number of halogens is 1. The minimum absolute atomic E-state index is 0.186. The molecule has 3 aromatic rings. The van der Waals surface area contributed by atoms with Crippen LogP contribution in [0.1, 0.15) is 16.1 Å². The van der Waals surface area contributed by atoms with Crippen molar-refractivity contribution in [3.05, 3.63) is 59.5 Å². The zero-order valence-corrected chi connectivity index (χ0v) is 16.4. The number of aryl methyl sites for hydroxylation is 1. The number of amides is 1. The number of ether oxygens (including phenoxy) is 1. The summed E-state index contributed by atoms with van der Waals surface area (Å²) in [6, 6.07) is 12.2. The number of aromatic amines is 1. The molecule has 1 aromatic heterocycles. The molecule has 0 spiro atoms. The Hall–Kier alpha value is -3.35. The number of hydrogen-bond acceptors (Lipinski definition) is 4. The van der Waals surface area contributed by atoms with Crippen LogP contribution in [-0.4, -0.2) is 54.9 Å². The maximum absolute atomic E-state index is 13.6. The first kappa shape index (κ1) is 19.0. The number of anilines is 1. The molecule has 1 N–H and O–H groups in total. The molecule has 1 saturated heterocycles. The van der Waals surface area contributed by atoms with Gasteiger partial charge in [0.1, 0.15) is 0 Å². The Bertz CT molecular complexity index is 1080. The lowest BCUT2D eigenvalue weighted by molar-refractivity contribution is -0.126. The average molecular weight is 395 g/mol. The number of carbonyl (C=O) groups excluding carboxylic acids is 2. The van der Waals surface area contributed by atoms with Gasteiger partial charge in [-0.1, -0.05) is 18.2 Å². The summed E-state index contributed by atoms with van der Waals surface area (Å²) in [7, 11) is 1.43. The minimum atomic E-state index is -0.491. The number of benzene rings is 2. The van der Waals surface area contributed by atoms with Gasteiger partial charge in [-0.3, -0.25) is 9.59 Å². The second-order valence-corrected chi connectivity index (χ2v) is 7.10. The number of rotatable bonds is 4. The van der Waals surface area contributed by atoms with Crippen molar-refractivity contribution < 1.29 is 18.7 Å². The number of nitrogens with zero attached hydrogens (tertiary/aromatic N) is 2. The van der Waals surface area contributed by atoms with Gasteiger partial charge in [0.05, 0.1) is 12.7 Å². The molecule has 1 fully saturated rings. The van der Waals surface area contributed by atoms with Crippen molar-refractivity contribution in [3.63, 3.8) is 0 Å². The molecule has 4 rings (SSSR count). The van der Waals surface area contributed by atoms with Crippen molar-refractivity contribution in [2.45, 2.75) is 6.92 Å². The van der Waals surface area contributed by atoms with Crippen LogP contribution >= 0.6 is 0 Å². The summed E-state index contributed by atoms with van der Waals surface area (Å²) in [4.78, 5) is 32.6. The average Bonchev–Trinajstić information content (AvgIpc) is 3.09. The van der Waals surface area contributed by atoms with Gasteiger partial charge in [-0.05, 0) is 25.1 Å². The normalized spacial score (nSPS) is 14.3. The second-order valence-electron chi connectivity index (χ2n) is 7.10. The summed E-state index contributed by atoms with van der Waals surface area (Å²) in [5.74, 6) is -1.21. The predicted octanol–water partition coefficient (Wildman–Crippen LogP) is 3.16. The van der Waals surface area contributed by atoms with Gasteiger partial charge in [0.15, 0.2) is 11.6 Å². The largest absolute Gasteiger partial charge is 0.494 e. The molecule has 6 nitrogen and oxygen atoms in total. The van der Waals surface area contributed by atoms with Crippen LogP contribution in [0, 0.1) is 12.7 Å². The molecule has 0 bridgehead atoms. The van der Waals surface area contributed by atoms with E-state index in [4.69, 9.17) is 4.74 Å². The van der Waals surface area contributed by atoms with E-state index in [1.807, 2.05) is 29.2 Å². The monoisotopic (exact) mass is 395 g/mol. The molecule has 0 radical (unpaired) electrons. The second kappa shape index (κ2) is 7.58. The molecular weight excluding hydrogens is 373 g/mol. The molecule has 0 atom stereocenters. The number of H-pyrrole nitrogens is 1. The molecule has 150 valence electrons. The van der Waals surface area contributed by atoms with Crippen molar-refractivity contribution in [1.82, 2.24) is 9.88 Å². The molecule has 1 amide bonds. The maximum Gasteiger partial charge on any atom is 0.295 e. The number of Topliss-reactive ketones (excluding diaryl/α,β-unsaturated/α-hetero) is 1. The highest BCUT2D eigenvalue weighted by atomic mass is 19.1. The van der Waals surface area contributed by atoms with Crippen molar-refractivity contribution in [2.75, 3.05) is 38.2 Å². The topological polar surface area (TPSA) is 65.6 Å². The number of fused-ring (bicyclic) bond motifs is 1. The Morgan fingerprint density at radius 2 is 1.79 bits per heavy atom. The molecule has 2 aromatic carbocycles. The molecule has 2 heterocycles. The summed E-state index contributed by atoms with van der Waals surface area (Å²) < 4.78 is 18.7. The number of methoxy groups -OCH3 is 1. The Balaban J connectivity index is 1.47. The molecule has 7 heteroatoms. The van der Waals surface area contributed by atoms with Gasteiger partial charge in [0.25, 0.3) is 11.7 Å². The minimum Gasteiger partial charge on any atom is -0.494 e. The Morgan fingerprint density at radius 3 is 2.52 bits per heavy atom. The van der Waals surface area contributed by atoms with E-state index in [9.17, 15) is 14.0 Å². The summed E-state index contributed by atoms with van der Waals surface area (Å²) in [5.41, 5.74) is 2.81. The molecule has 1 aliphatic rings. The van der Waals surface area contributed by atoms with Gasteiger partial charge in [0, 0.05) is 54.5 Å². The van der Waals surface area contributed by atoms with Gasteiger partial charge < -0.3 is 19.5 Å². The molecule has 0 aliphatic carbocycles. The highest BCUT2D eigenvalue weighted by Gasteiger charge is 2.29. The van der Waals surface area contributed by atoms with Gasteiger partial charge in [-0.2, -0.15) is 0 Å². The van der Waals surface area contributed by atoms with E-state index in [2.05, 4.69) is 4.98 Å². The van der Waals surface area contributed by atoms with Crippen LogP contribution in [0.3, 0.4) is 0 Å². The number of aromatic nitrogens is 1. The van der Waals surface area contributed by atoms with Gasteiger partial charge in [-0.15, -0.1) is 0 Å². The standard InChI is InChI=1S/C22H22FN3O3/c1-14-20(16-5-3-4-6-18(16)24-14)21(27)22(28)26-11-9-25(10-12-26)15-7-8-17(23)19(13-15)29-2/h3-8,13,24H,9-12H2,1-2H3. The lowest BCUT2D eigenvalue weighted by Gasteiger charge is -2.35. The lowest BCUT2D eigenvalue weighted by atomic mass is 10.1. The van der Waals surface area contributed by atoms with Crippen molar-refractivity contribution in [2.24, 2.45) is 0 Å². The number of para-hydroxylation sites is 1. The van der Waals surface area contributed by atoms with E-state index >= 15 is 0 Å². The van der Waals surface area contributed by atoms with Crippen LogP contribution in [0.2, 0.25) is 0 Å². The summed E-state index contributed by atoms with van der Waals surface area (Å²) >= 11 is 0. The van der Waals surface area contributed by atoms with E-state index in [1.165, 1.54) is 13.2 Å². The van der Waals surface area contributed by atoms with E-state index in [-0.39, 0.29) is 5.75 Å². The van der Waals surface area contributed by atoms with E-state index in [0.717, 1.165) is 16.6 Å². The predicted molar refractivity (Wildman–Crippen MR) is 109 cm³/mol.